The Hall–Kier alpha value is -4.44. The first-order valence-corrected chi connectivity index (χ1v) is 11.8. The number of anilines is 3. The highest BCUT2D eigenvalue weighted by Crippen LogP contribution is 2.25. The summed E-state index contributed by atoms with van der Waals surface area (Å²) in [7, 11) is -3.91. The molecule has 0 spiro atoms. The van der Waals surface area contributed by atoms with Gasteiger partial charge in [-0.2, -0.15) is 0 Å². The first-order chi connectivity index (χ1) is 16.4. The molecule has 2 heterocycles. The molecule has 34 heavy (non-hydrogen) atoms. The molecule has 2 aromatic heterocycles. The Kier molecular flexibility index (Phi) is 5.34. The van der Waals surface area contributed by atoms with Crippen LogP contribution in [0.25, 0.3) is 22.4 Å². The van der Waals surface area contributed by atoms with Gasteiger partial charge in [0.25, 0.3) is 10.0 Å². The number of aryl methyl sites for hydroxylation is 1. The van der Waals surface area contributed by atoms with E-state index in [1.165, 1.54) is 18.2 Å². The fourth-order valence-corrected chi connectivity index (χ4v) is 4.57. The zero-order valence-electron chi connectivity index (χ0n) is 17.9. The van der Waals surface area contributed by atoms with Crippen LogP contribution in [0.3, 0.4) is 0 Å². The van der Waals surface area contributed by atoms with Crippen LogP contribution in [0.5, 0.6) is 0 Å². The van der Waals surface area contributed by atoms with E-state index in [0.29, 0.717) is 28.5 Å². The molecule has 0 saturated carbocycles. The van der Waals surface area contributed by atoms with Gasteiger partial charge >= 0.3 is 5.76 Å². The molecule has 0 atom stereocenters. The maximum absolute atomic E-state index is 12.9. The number of H-pyrrole nitrogens is 1. The van der Waals surface area contributed by atoms with Crippen LogP contribution >= 0.6 is 0 Å². The van der Waals surface area contributed by atoms with E-state index in [4.69, 9.17) is 4.42 Å². The highest BCUT2D eigenvalue weighted by atomic mass is 32.2. The van der Waals surface area contributed by atoms with E-state index in [1.54, 1.807) is 24.3 Å². The van der Waals surface area contributed by atoms with E-state index in [2.05, 4.69) is 25.0 Å². The molecule has 3 N–H and O–H groups in total. The number of benzene rings is 3. The van der Waals surface area contributed by atoms with Gasteiger partial charge < -0.3 is 9.73 Å². The number of sulfonamides is 1. The Morgan fingerprint density at radius 3 is 2.50 bits per heavy atom. The minimum Gasteiger partial charge on any atom is -0.408 e. The first kappa shape index (κ1) is 21.4. The van der Waals surface area contributed by atoms with Gasteiger partial charge in [-0.25, -0.2) is 23.2 Å². The van der Waals surface area contributed by atoms with E-state index in [0.717, 1.165) is 11.3 Å². The molecule has 10 heteroatoms. The lowest BCUT2D eigenvalue weighted by molar-refractivity contribution is 0.554. The highest BCUT2D eigenvalue weighted by Gasteiger charge is 2.16. The largest absolute Gasteiger partial charge is 0.417 e. The normalized spacial score (nSPS) is 11.4. The minimum atomic E-state index is -3.91. The highest BCUT2D eigenvalue weighted by molar-refractivity contribution is 7.92. The average Bonchev–Trinajstić information content (AvgIpc) is 3.18. The zero-order chi connectivity index (χ0) is 23.7. The number of hydrogen-bond donors (Lipinski definition) is 3. The van der Waals surface area contributed by atoms with Gasteiger partial charge in [0, 0.05) is 23.4 Å². The van der Waals surface area contributed by atoms with Crippen molar-refractivity contribution >= 4 is 38.3 Å². The van der Waals surface area contributed by atoms with Crippen LogP contribution in [0.2, 0.25) is 0 Å². The summed E-state index contributed by atoms with van der Waals surface area (Å²) >= 11 is 0. The van der Waals surface area contributed by atoms with Gasteiger partial charge in [0.1, 0.15) is 11.6 Å². The summed E-state index contributed by atoms with van der Waals surface area (Å²) in [5, 5.41) is 3.21. The molecule has 170 valence electrons. The summed E-state index contributed by atoms with van der Waals surface area (Å²) in [4.78, 5) is 22.7. The van der Waals surface area contributed by atoms with Crippen molar-refractivity contribution < 1.29 is 12.8 Å². The second kappa shape index (κ2) is 8.49. The van der Waals surface area contributed by atoms with Gasteiger partial charge in [-0.05, 0) is 37.3 Å². The maximum atomic E-state index is 12.9. The second-order valence-corrected chi connectivity index (χ2v) is 9.22. The summed E-state index contributed by atoms with van der Waals surface area (Å²) in [5.41, 5.74) is 3.33. The molecule has 0 fully saturated rings. The number of nitrogens with one attached hydrogen (secondary N) is 3. The summed E-state index contributed by atoms with van der Waals surface area (Å²) in [6.07, 6.45) is 0. The maximum Gasteiger partial charge on any atom is 0.417 e. The second-order valence-electron chi connectivity index (χ2n) is 7.54. The van der Waals surface area contributed by atoms with Gasteiger partial charge in [-0.3, -0.25) is 9.71 Å². The molecule has 0 aliphatic rings. The van der Waals surface area contributed by atoms with Crippen molar-refractivity contribution in [2.24, 2.45) is 0 Å². The van der Waals surface area contributed by atoms with Crippen molar-refractivity contribution in [1.82, 2.24) is 15.0 Å². The van der Waals surface area contributed by atoms with E-state index >= 15 is 0 Å². The van der Waals surface area contributed by atoms with Gasteiger partial charge in [0.2, 0.25) is 0 Å². The third kappa shape index (κ3) is 4.52. The van der Waals surface area contributed by atoms with E-state index in [9.17, 15) is 13.2 Å². The fourth-order valence-electron chi connectivity index (χ4n) is 3.50. The molecule has 0 bridgehead atoms. The van der Waals surface area contributed by atoms with Crippen LogP contribution < -0.4 is 15.8 Å². The quantitative estimate of drug-likeness (QED) is 0.333. The van der Waals surface area contributed by atoms with Gasteiger partial charge in [0.05, 0.1) is 21.8 Å². The first-order valence-electron chi connectivity index (χ1n) is 10.3. The summed E-state index contributed by atoms with van der Waals surface area (Å²) < 4.78 is 33.3. The minimum absolute atomic E-state index is 0.0277. The van der Waals surface area contributed by atoms with E-state index in [1.807, 2.05) is 43.3 Å². The topological polar surface area (TPSA) is 130 Å². The Labute approximate surface area is 194 Å². The number of oxazole rings is 1. The predicted octanol–water partition coefficient (Wildman–Crippen LogP) is 4.43. The Balaban J connectivity index is 1.39. The van der Waals surface area contributed by atoms with Gasteiger partial charge in [0.15, 0.2) is 5.58 Å². The monoisotopic (exact) mass is 473 g/mol. The fraction of sp³-hybridized carbons (Fsp3) is 0.0417. The zero-order valence-corrected chi connectivity index (χ0v) is 18.8. The number of hydrogen-bond acceptors (Lipinski definition) is 7. The number of fused-ring (bicyclic) bond motifs is 1. The SMILES string of the molecule is Cc1nc(Nc2cccc(NS(=O)(=O)c3ccc4[nH]c(=O)oc4c3)c2)cc(-c2ccccc2)n1. The lowest BCUT2D eigenvalue weighted by Gasteiger charge is -2.12. The number of nitrogens with zero attached hydrogens (tertiary/aromatic N) is 2. The molecule has 0 unspecified atom stereocenters. The molecule has 5 aromatic rings. The lowest BCUT2D eigenvalue weighted by Crippen LogP contribution is -2.13. The van der Waals surface area contributed by atoms with Crippen molar-refractivity contribution in [3.63, 3.8) is 0 Å². The van der Waals surface area contributed by atoms with E-state index < -0.39 is 15.8 Å². The summed E-state index contributed by atoms with van der Waals surface area (Å²) in [5.74, 6) is 0.540. The molecule has 9 nitrogen and oxygen atoms in total. The standard InChI is InChI=1S/C24H19N5O4S/c1-15-25-21(16-6-3-2-4-7-16)14-23(26-15)27-17-8-5-9-18(12-17)29-34(31,32)19-10-11-20-22(13-19)33-24(30)28-20/h2-14,29H,1H3,(H,28,30)(H,25,26,27). The lowest BCUT2D eigenvalue weighted by atomic mass is 10.1. The van der Waals surface area contributed by atoms with E-state index in [-0.39, 0.29) is 10.5 Å². The van der Waals surface area contributed by atoms with Gasteiger partial charge in [-0.15, -0.1) is 0 Å². The summed E-state index contributed by atoms with van der Waals surface area (Å²) in [6.45, 7) is 1.81. The molecule has 3 aromatic carbocycles. The van der Waals surface area contributed by atoms with Crippen molar-refractivity contribution in [3.05, 3.63) is 95.2 Å². The van der Waals surface area contributed by atoms with Crippen LogP contribution in [0, 0.1) is 6.92 Å². The molecule has 0 saturated heterocycles. The van der Waals surface area contributed by atoms with Crippen molar-refractivity contribution in [2.45, 2.75) is 11.8 Å². The van der Waals surface area contributed by atoms with Crippen molar-refractivity contribution in [2.75, 3.05) is 10.0 Å². The van der Waals surface area contributed by atoms with Crippen molar-refractivity contribution in [1.29, 1.82) is 0 Å². The average molecular weight is 474 g/mol. The van der Waals surface area contributed by atoms with Crippen LogP contribution in [-0.2, 0) is 10.0 Å². The van der Waals surface area contributed by atoms with Crippen molar-refractivity contribution in [3.8, 4) is 11.3 Å². The molecule has 5 rings (SSSR count). The van der Waals surface area contributed by atoms with Crippen LogP contribution in [0.4, 0.5) is 17.2 Å². The Bertz CT molecular complexity index is 1660. The molecule has 0 radical (unpaired) electrons. The number of aromatic nitrogens is 3. The van der Waals surface area contributed by atoms with Gasteiger partial charge in [-0.1, -0.05) is 36.4 Å². The van der Waals surface area contributed by atoms with Crippen LogP contribution in [0.15, 0.2) is 93.0 Å². The third-order valence-electron chi connectivity index (χ3n) is 5.00. The molecular formula is C24H19N5O4S. The molecular weight excluding hydrogens is 454 g/mol. The molecule has 0 aliphatic heterocycles. The Morgan fingerprint density at radius 2 is 1.68 bits per heavy atom. The van der Waals surface area contributed by atoms with Crippen LogP contribution in [-0.4, -0.2) is 23.4 Å². The molecule has 0 aliphatic carbocycles. The third-order valence-corrected chi connectivity index (χ3v) is 6.38. The predicted molar refractivity (Wildman–Crippen MR) is 130 cm³/mol. The molecule has 0 amide bonds. The Morgan fingerprint density at radius 1 is 0.882 bits per heavy atom. The van der Waals surface area contributed by atoms with Crippen LogP contribution in [0.1, 0.15) is 5.82 Å². The smallest absolute Gasteiger partial charge is 0.408 e. The summed E-state index contributed by atoms with van der Waals surface area (Å²) in [6, 6.07) is 22.6. The number of aromatic amines is 1. The number of rotatable bonds is 6.